The summed E-state index contributed by atoms with van der Waals surface area (Å²) in [5.74, 6) is 0.700. The van der Waals surface area contributed by atoms with Crippen molar-refractivity contribution in [2.24, 2.45) is 0 Å². The molecule has 0 aliphatic carbocycles. The van der Waals surface area contributed by atoms with Crippen LogP contribution < -0.4 is 16.2 Å². The number of anilines is 2. The van der Waals surface area contributed by atoms with Gasteiger partial charge in [-0.1, -0.05) is 12.1 Å². The lowest BCUT2D eigenvalue weighted by Crippen LogP contribution is -1.93. The molecule has 0 bridgehead atoms. The molecule has 0 unspecified atom stereocenters. The smallest absolute Gasteiger partial charge is 0.154 e. The largest absolute Gasteiger partial charge is 0.454 e. The molecular formula is C13H12N2OS. The molecule has 0 heterocycles. The lowest BCUT2D eigenvalue weighted by atomic mass is 10.0. The summed E-state index contributed by atoms with van der Waals surface area (Å²) in [4.78, 5) is 0. The Kier molecular flexibility index (Phi) is 3.25. The molecule has 2 aromatic rings. The quantitative estimate of drug-likeness (QED) is 0.643. The highest BCUT2D eigenvalue weighted by atomic mass is 32.1. The zero-order valence-corrected chi connectivity index (χ0v) is 9.91. The number of rotatable bonds is 3. The summed E-state index contributed by atoms with van der Waals surface area (Å²) in [6.07, 6.45) is 0. The first kappa shape index (κ1) is 11.4. The summed E-state index contributed by atoms with van der Waals surface area (Å²) >= 11 is 4.61. The zero-order chi connectivity index (χ0) is 12.3. The maximum absolute atomic E-state index is 5.91. The lowest BCUT2D eigenvalue weighted by molar-refractivity contribution is 0.586. The first-order chi connectivity index (χ1) is 8.20. The summed E-state index contributed by atoms with van der Waals surface area (Å²) in [5, 5.41) is 0. The molecule has 0 amide bonds. The number of thiocarbonyl (C=S) groups is 1. The number of hydrogen-bond acceptors (Lipinski definition) is 4. The second-order valence-electron chi connectivity index (χ2n) is 3.59. The van der Waals surface area contributed by atoms with Gasteiger partial charge in [-0.2, -0.15) is 0 Å². The van der Waals surface area contributed by atoms with Gasteiger partial charge in [0.05, 0.1) is 0 Å². The average molecular weight is 244 g/mol. The molecule has 0 saturated heterocycles. The molecule has 0 atom stereocenters. The van der Waals surface area contributed by atoms with E-state index >= 15 is 0 Å². The number of nitrogens with two attached hydrogens (primary N) is 2. The van der Waals surface area contributed by atoms with E-state index in [0.717, 1.165) is 11.1 Å². The molecule has 3 nitrogen and oxygen atoms in total. The van der Waals surface area contributed by atoms with E-state index in [9.17, 15) is 0 Å². The van der Waals surface area contributed by atoms with Crippen LogP contribution in [-0.2, 0) is 0 Å². The van der Waals surface area contributed by atoms with Gasteiger partial charge in [0, 0.05) is 16.9 Å². The van der Waals surface area contributed by atoms with Gasteiger partial charge in [-0.3, -0.25) is 0 Å². The van der Waals surface area contributed by atoms with Crippen LogP contribution in [0.1, 0.15) is 0 Å². The number of hydrogen-bond donors (Lipinski definition) is 2. The van der Waals surface area contributed by atoms with E-state index in [-0.39, 0.29) is 0 Å². The Bertz CT molecular complexity index is 538. The molecule has 4 heteroatoms. The highest BCUT2D eigenvalue weighted by molar-refractivity contribution is 7.78. The van der Waals surface area contributed by atoms with E-state index < -0.39 is 0 Å². The van der Waals surface area contributed by atoms with Crippen molar-refractivity contribution in [1.29, 1.82) is 0 Å². The molecule has 0 radical (unpaired) electrons. The maximum atomic E-state index is 5.91. The molecular weight excluding hydrogens is 232 g/mol. The number of nitrogen functional groups attached to an aromatic ring is 2. The van der Waals surface area contributed by atoms with Crippen molar-refractivity contribution in [1.82, 2.24) is 0 Å². The van der Waals surface area contributed by atoms with Gasteiger partial charge in [-0.25, -0.2) is 0 Å². The van der Waals surface area contributed by atoms with Crippen molar-refractivity contribution in [2.45, 2.75) is 0 Å². The van der Waals surface area contributed by atoms with Crippen LogP contribution in [0.25, 0.3) is 11.1 Å². The van der Waals surface area contributed by atoms with Crippen molar-refractivity contribution in [3.05, 3.63) is 42.5 Å². The van der Waals surface area contributed by atoms with E-state index in [1.807, 2.05) is 30.3 Å². The third-order valence-electron chi connectivity index (χ3n) is 2.43. The summed E-state index contributed by atoms with van der Waals surface area (Å²) in [6.45, 7) is 0. The predicted molar refractivity (Wildman–Crippen MR) is 75.0 cm³/mol. The van der Waals surface area contributed by atoms with Crippen molar-refractivity contribution in [3.8, 4) is 16.9 Å². The number of benzene rings is 2. The Morgan fingerprint density at radius 2 is 1.71 bits per heavy atom. The standard InChI is InChI=1S/C13H12N2OS/c14-10-3-6-13(15)12(7-10)9-1-4-11(5-2-9)16-8-17/h1-8H,14-15H2. The normalized spacial score (nSPS) is 9.88. The van der Waals surface area contributed by atoms with Crippen LogP contribution >= 0.6 is 12.2 Å². The molecule has 0 spiro atoms. The van der Waals surface area contributed by atoms with Gasteiger partial charge in [0.1, 0.15) is 5.75 Å². The topological polar surface area (TPSA) is 61.3 Å². The Balaban J connectivity index is 2.39. The number of ether oxygens (including phenoxy) is 1. The Labute approximate surface area is 105 Å². The lowest BCUT2D eigenvalue weighted by Gasteiger charge is -2.07. The molecule has 2 aromatic carbocycles. The van der Waals surface area contributed by atoms with E-state index in [0.29, 0.717) is 17.1 Å². The predicted octanol–water partition coefficient (Wildman–Crippen LogP) is 2.85. The summed E-state index contributed by atoms with van der Waals surface area (Å²) in [6, 6.07) is 12.9. The van der Waals surface area contributed by atoms with Crippen LogP contribution in [0.3, 0.4) is 0 Å². The third-order valence-corrected chi connectivity index (χ3v) is 2.52. The van der Waals surface area contributed by atoms with Crippen molar-refractivity contribution in [2.75, 3.05) is 11.5 Å². The molecule has 0 aliphatic rings. The van der Waals surface area contributed by atoms with Gasteiger partial charge in [-0.05, 0) is 48.1 Å². The molecule has 17 heavy (non-hydrogen) atoms. The fourth-order valence-electron chi connectivity index (χ4n) is 1.59. The first-order valence-electron chi connectivity index (χ1n) is 5.06. The van der Waals surface area contributed by atoms with Crippen LogP contribution in [0.15, 0.2) is 42.5 Å². The molecule has 86 valence electrons. The molecule has 2 rings (SSSR count). The maximum Gasteiger partial charge on any atom is 0.154 e. The second kappa shape index (κ2) is 4.84. The van der Waals surface area contributed by atoms with Gasteiger partial charge >= 0.3 is 0 Å². The molecule has 0 saturated carbocycles. The second-order valence-corrected chi connectivity index (χ2v) is 3.78. The van der Waals surface area contributed by atoms with E-state index in [1.165, 1.54) is 5.55 Å². The molecule has 0 fully saturated rings. The minimum atomic E-state index is 0.688. The fraction of sp³-hybridized carbons (Fsp3) is 0. The van der Waals surface area contributed by atoms with Crippen LogP contribution in [0.4, 0.5) is 11.4 Å². The molecule has 0 aliphatic heterocycles. The summed E-state index contributed by atoms with van der Waals surface area (Å²) in [7, 11) is 0. The summed E-state index contributed by atoms with van der Waals surface area (Å²) in [5.41, 5.74) is 16.2. The minimum absolute atomic E-state index is 0.688. The van der Waals surface area contributed by atoms with Crippen molar-refractivity contribution < 1.29 is 4.74 Å². The van der Waals surface area contributed by atoms with Crippen LogP contribution in [0.5, 0.6) is 5.75 Å². The van der Waals surface area contributed by atoms with E-state index in [4.69, 9.17) is 16.2 Å². The van der Waals surface area contributed by atoms with Gasteiger partial charge in [0.2, 0.25) is 0 Å². The molecule has 4 N–H and O–H groups in total. The Morgan fingerprint density at radius 3 is 2.35 bits per heavy atom. The molecule has 0 aromatic heterocycles. The Hall–Kier alpha value is -2.07. The van der Waals surface area contributed by atoms with Crippen molar-refractivity contribution in [3.63, 3.8) is 0 Å². The van der Waals surface area contributed by atoms with Gasteiger partial charge < -0.3 is 16.2 Å². The van der Waals surface area contributed by atoms with E-state index in [1.54, 1.807) is 12.1 Å². The van der Waals surface area contributed by atoms with Crippen LogP contribution in [0.2, 0.25) is 0 Å². The van der Waals surface area contributed by atoms with Crippen LogP contribution in [-0.4, -0.2) is 5.55 Å². The summed E-state index contributed by atoms with van der Waals surface area (Å²) < 4.78 is 5.08. The average Bonchev–Trinajstić information content (AvgIpc) is 2.34. The SMILES string of the molecule is Nc1ccc(N)c(-c2ccc(OC=S)cc2)c1. The van der Waals surface area contributed by atoms with E-state index in [2.05, 4.69) is 12.2 Å². The fourth-order valence-corrected chi connectivity index (χ4v) is 1.70. The van der Waals surface area contributed by atoms with Gasteiger partial charge in [0.15, 0.2) is 5.55 Å². The monoisotopic (exact) mass is 244 g/mol. The van der Waals surface area contributed by atoms with Gasteiger partial charge in [0.25, 0.3) is 0 Å². The van der Waals surface area contributed by atoms with Crippen molar-refractivity contribution >= 4 is 29.1 Å². The Morgan fingerprint density at radius 1 is 1.00 bits per heavy atom. The first-order valence-corrected chi connectivity index (χ1v) is 5.53. The zero-order valence-electron chi connectivity index (χ0n) is 9.09. The minimum Gasteiger partial charge on any atom is -0.454 e. The van der Waals surface area contributed by atoms with Gasteiger partial charge in [-0.15, -0.1) is 0 Å². The van der Waals surface area contributed by atoms with Crippen LogP contribution in [0, 0.1) is 0 Å². The highest BCUT2D eigenvalue weighted by Crippen LogP contribution is 2.29. The third kappa shape index (κ3) is 2.54. The highest BCUT2D eigenvalue weighted by Gasteiger charge is 2.03.